The molecule has 1 aromatic rings. The predicted molar refractivity (Wildman–Crippen MR) is 46.5 cm³/mol. The van der Waals surface area contributed by atoms with E-state index < -0.39 is 0 Å². The van der Waals surface area contributed by atoms with Crippen molar-refractivity contribution in [1.29, 1.82) is 0 Å². The highest BCUT2D eigenvalue weighted by Gasteiger charge is 2.01. The summed E-state index contributed by atoms with van der Waals surface area (Å²) < 4.78 is 12.7. The van der Waals surface area contributed by atoms with Crippen LogP contribution >= 0.6 is 0 Å². The van der Waals surface area contributed by atoms with Crippen molar-refractivity contribution in [2.24, 2.45) is 0 Å². The first-order valence-electron chi connectivity index (χ1n) is 4.06. The van der Waals surface area contributed by atoms with Gasteiger partial charge in [-0.2, -0.15) is 5.48 Å². The third kappa shape index (κ3) is 3.01. The first-order chi connectivity index (χ1) is 6.24. The summed E-state index contributed by atoms with van der Waals surface area (Å²) in [6.45, 7) is 2.64. The predicted octanol–water partition coefficient (Wildman–Crippen LogP) is 1.57. The van der Waals surface area contributed by atoms with Crippen LogP contribution in [0.4, 0.5) is 4.39 Å². The Balaban J connectivity index is 2.59. The minimum atomic E-state index is -0.369. The van der Waals surface area contributed by atoms with Crippen molar-refractivity contribution < 1.29 is 14.3 Å². The van der Waals surface area contributed by atoms with Gasteiger partial charge in [-0.1, -0.05) is 0 Å². The highest BCUT2D eigenvalue weighted by Crippen LogP contribution is 2.17. The fraction of sp³-hybridized carbons (Fsp3) is 0.333. The molecule has 1 aromatic carbocycles. The normalized spacial score (nSPS) is 10.3. The molecule has 0 atom stereocenters. The summed E-state index contributed by atoms with van der Waals surface area (Å²) >= 11 is 0. The van der Waals surface area contributed by atoms with Gasteiger partial charge in [0.05, 0.1) is 6.61 Å². The average Bonchev–Trinajstić information content (AvgIpc) is 2.11. The molecule has 4 heteroatoms. The second kappa shape index (κ2) is 4.79. The number of halogens is 1. The quantitative estimate of drug-likeness (QED) is 0.552. The monoisotopic (exact) mass is 185 g/mol. The smallest absolute Gasteiger partial charge is 0.123 e. The second-order valence-corrected chi connectivity index (χ2v) is 2.53. The lowest BCUT2D eigenvalue weighted by atomic mass is 10.2. The number of hydrogen-bond acceptors (Lipinski definition) is 3. The lowest BCUT2D eigenvalue weighted by molar-refractivity contribution is 0.0459. The number of hydrogen-bond donors (Lipinski definition) is 2. The van der Waals surface area contributed by atoms with Crippen molar-refractivity contribution in [3.63, 3.8) is 0 Å². The summed E-state index contributed by atoms with van der Waals surface area (Å²) in [6, 6.07) is 3.79. The standard InChI is InChI=1S/C9H12FNO2/c1-2-13-11-6-7-5-8(10)3-4-9(7)12/h3-5,11-12H,2,6H2,1H3. The number of phenolic OH excluding ortho intramolecular Hbond substituents is 1. The Morgan fingerprint density at radius 1 is 1.54 bits per heavy atom. The Kier molecular flexibility index (Phi) is 3.67. The van der Waals surface area contributed by atoms with Gasteiger partial charge in [-0.25, -0.2) is 4.39 Å². The molecule has 13 heavy (non-hydrogen) atoms. The largest absolute Gasteiger partial charge is 0.508 e. The van der Waals surface area contributed by atoms with Gasteiger partial charge in [-0.3, -0.25) is 0 Å². The van der Waals surface area contributed by atoms with Crippen molar-refractivity contribution in [3.8, 4) is 5.75 Å². The van der Waals surface area contributed by atoms with Crippen LogP contribution in [0.2, 0.25) is 0 Å². The molecule has 0 aliphatic carbocycles. The topological polar surface area (TPSA) is 41.5 Å². The lowest BCUT2D eigenvalue weighted by Crippen LogP contribution is -2.13. The van der Waals surface area contributed by atoms with E-state index in [-0.39, 0.29) is 18.1 Å². The van der Waals surface area contributed by atoms with Crippen LogP contribution in [0.15, 0.2) is 18.2 Å². The van der Waals surface area contributed by atoms with Gasteiger partial charge in [0.15, 0.2) is 0 Å². The van der Waals surface area contributed by atoms with E-state index in [1.54, 1.807) is 0 Å². The van der Waals surface area contributed by atoms with Crippen LogP contribution in [0.3, 0.4) is 0 Å². The third-order valence-corrected chi connectivity index (χ3v) is 1.55. The van der Waals surface area contributed by atoms with Gasteiger partial charge < -0.3 is 9.94 Å². The molecule has 0 aliphatic heterocycles. The Labute approximate surface area is 76.1 Å². The SMILES string of the molecule is CCONCc1cc(F)ccc1O. The van der Waals surface area contributed by atoms with Crippen LogP contribution in [0.5, 0.6) is 5.75 Å². The molecule has 0 bridgehead atoms. The molecule has 72 valence electrons. The van der Waals surface area contributed by atoms with Gasteiger partial charge in [-0.15, -0.1) is 0 Å². The van der Waals surface area contributed by atoms with Crippen molar-refractivity contribution in [1.82, 2.24) is 5.48 Å². The molecule has 0 aliphatic rings. The summed E-state index contributed by atoms with van der Waals surface area (Å²) in [7, 11) is 0. The van der Waals surface area contributed by atoms with Gasteiger partial charge >= 0.3 is 0 Å². The summed E-state index contributed by atoms with van der Waals surface area (Å²) in [5, 5.41) is 9.27. The van der Waals surface area contributed by atoms with E-state index >= 15 is 0 Å². The molecule has 2 N–H and O–H groups in total. The molecule has 0 fully saturated rings. The van der Waals surface area contributed by atoms with Crippen molar-refractivity contribution >= 4 is 0 Å². The summed E-state index contributed by atoms with van der Waals surface area (Å²) in [4.78, 5) is 4.85. The van der Waals surface area contributed by atoms with Crippen LogP contribution in [0.1, 0.15) is 12.5 Å². The van der Waals surface area contributed by atoms with Gasteiger partial charge in [0.25, 0.3) is 0 Å². The van der Waals surface area contributed by atoms with E-state index in [1.807, 2.05) is 6.92 Å². The third-order valence-electron chi connectivity index (χ3n) is 1.55. The van der Waals surface area contributed by atoms with Crippen molar-refractivity contribution in [3.05, 3.63) is 29.6 Å². The van der Waals surface area contributed by atoms with Crippen LogP contribution in [0, 0.1) is 5.82 Å². The van der Waals surface area contributed by atoms with E-state index in [9.17, 15) is 9.50 Å². The van der Waals surface area contributed by atoms with E-state index in [4.69, 9.17) is 4.84 Å². The summed E-state index contributed by atoms with van der Waals surface area (Å²) in [5.74, 6) is -0.306. The first-order valence-corrected chi connectivity index (χ1v) is 4.06. The zero-order valence-corrected chi connectivity index (χ0v) is 7.38. The summed E-state index contributed by atoms with van der Waals surface area (Å²) in [5.41, 5.74) is 3.07. The molecule has 0 aromatic heterocycles. The van der Waals surface area contributed by atoms with Gasteiger partial charge in [-0.05, 0) is 25.1 Å². The van der Waals surface area contributed by atoms with Crippen LogP contribution < -0.4 is 5.48 Å². The zero-order valence-electron chi connectivity index (χ0n) is 7.38. The number of hydroxylamine groups is 1. The van der Waals surface area contributed by atoms with Gasteiger partial charge in [0.1, 0.15) is 11.6 Å². The molecule has 0 unspecified atom stereocenters. The fourth-order valence-electron chi connectivity index (χ4n) is 0.927. The van der Waals surface area contributed by atoms with Crippen LogP contribution in [0.25, 0.3) is 0 Å². The number of nitrogens with one attached hydrogen (secondary N) is 1. The van der Waals surface area contributed by atoms with Gasteiger partial charge in [0.2, 0.25) is 0 Å². The lowest BCUT2D eigenvalue weighted by Gasteiger charge is -2.05. The number of phenols is 1. The van der Waals surface area contributed by atoms with E-state index in [0.717, 1.165) is 0 Å². The van der Waals surface area contributed by atoms with Crippen molar-refractivity contribution in [2.75, 3.05) is 6.61 Å². The molecule has 1 rings (SSSR count). The van der Waals surface area contributed by atoms with Crippen LogP contribution in [-0.2, 0) is 11.4 Å². The maximum absolute atomic E-state index is 12.7. The van der Waals surface area contributed by atoms with E-state index in [2.05, 4.69) is 5.48 Å². The minimum absolute atomic E-state index is 0.0635. The highest BCUT2D eigenvalue weighted by atomic mass is 19.1. The number of rotatable bonds is 4. The van der Waals surface area contributed by atoms with Crippen molar-refractivity contribution in [2.45, 2.75) is 13.5 Å². The highest BCUT2D eigenvalue weighted by molar-refractivity contribution is 5.32. The fourth-order valence-corrected chi connectivity index (χ4v) is 0.927. The van der Waals surface area contributed by atoms with E-state index in [0.29, 0.717) is 12.2 Å². The maximum Gasteiger partial charge on any atom is 0.123 e. The molecule has 0 spiro atoms. The van der Waals surface area contributed by atoms with Gasteiger partial charge in [0, 0.05) is 12.1 Å². The molecule has 0 radical (unpaired) electrons. The Hall–Kier alpha value is -1.13. The zero-order chi connectivity index (χ0) is 9.68. The first kappa shape index (κ1) is 9.95. The Bertz CT molecular complexity index is 278. The molecule has 0 amide bonds. The molecule has 3 nitrogen and oxygen atoms in total. The minimum Gasteiger partial charge on any atom is -0.508 e. The number of aromatic hydroxyl groups is 1. The maximum atomic E-state index is 12.7. The number of benzene rings is 1. The molecule has 0 heterocycles. The van der Waals surface area contributed by atoms with E-state index in [1.165, 1.54) is 18.2 Å². The molecular formula is C9H12FNO2. The average molecular weight is 185 g/mol. The summed E-state index contributed by atoms with van der Waals surface area (Å²) in [6.07, 6.45) is 0. The Morgan fingerprint density at radius 3 is 3.00 bits per heavy atom. The van der Waals surface area contributed by atoms with Crippen LogP contribution in [-0.4, -0.2) is 11.7 Å². The second-order valence-electron chi connectivity index (χ2n) is 2.53. The molecule has 0 saturated carbocycles. The molecule has 0 saturated heterocycles. The Morgan fingerprint density at radius 2 is 2.31 bits per heavy atom. The molecular weight excluding hydrogens is 173 g/mol.